The highest BCUT2D eigenvalue weighted by molar-refractivity contribution is 7.08. The van der Waals surface area contributed by atoms with E-state index in [0.717, 1.165) is 29.3 Å². The first kappa shape index (κ1) is 11.1. The SMILES string of the molecule is CCc1cc(NC)nc(-c2cscc2C)n1. The van der Waals surface area contributed by atoms with Crippen molar-refractivity contribution in [3.8, 4) is 11.4 Å². The third kappa shape index (κ3) is 2.07. The number of anilines is 1. The molecule has 2 aromatic heterocycles. The van der Waals surface area contributed by atoms with Crippen molar-refractivity contribution >= 4 is 17.2 Å². The lowest BCUT2D eigenvalue weighted by Crippen LogP contribution is -2.00. The fourth-order valence-electron chi connectivity index (χ4n) is 1.52. The summed E-state index contributed by atoms with van der Waals surface area (Å²) in [6.45, 7) is 4.19. The van der Waals surface area contributed by atoms with Gasteiger partial charge in [-0.2, -0.15) is 11.3 Å². The maximum Gasteiger partial charge on any atom is 0.162 e. The third-order valence-corrected chi connectivity index (χ3v) is 3.36. The van der Waals surface area contributed by atoms with E-state index in [1.165, 1.54) is 5.56 Å². The van der Waals surface area contributed by atoms with Crippen molar-refractivity contribution in [3.05, 3.63) is 28.1 Å². The van der Waals surface area contributed by atoms with E-state index >= 15 is 0 Å². The lowest BCUT2D eigenvalue weighted by Gasteiger charge is -2.06. The maximum absolute atomic E-state index is 4.56. The topological polar surface area (TPSA) is 37.8 Å². The summed E-state index contributed by atoms with van der Waals surface area (Å²) in [5.41, 5.74) is 3.44. The summed E-state index contributed by atoms with van der Waals surface area (Å²) in [6.07, 6.45) is 0.924. The first-order chi connectivity index (χ1) is 7.74. The molecule has 0 amide bonds. The average molecular weight is 233 g/mol. The van der Waals surface area contributed by atoms with Crippen LogP contribution in [0.15, 0.2) is 16.8 Å². The quantitative estimate of drug-likeness (QED) is 0.885. The molecule has 2 aromatic rings. The van der Waals surface area contributed by atoms with Crippen LogP contribution in [0.2, 0.25) is 0 Å². The first-order valence-electron chi connectivity index (χ1n) is 5.33. The Hall–Kier alpha value is -1.42. The molecule has 0 fully saturated rings. The average Bonchev–Trinajstić information content (AvgIpc) is 2.74. The summed E-state index contributed by atoms with van der Waals surface area (Å²) in [4.78, 5) is 9.05. The van der Waals surface area contributed by atoms with Crippen molar-refractivity contribution in [2.75, 3.05) is 12.4 Å². The standard InChI is InChI=1S/C12H15N3S/c1-4-9-5-11(13-3)15-12(14-9)10-7-16-6-8(10)2/h5-7H,4H2,1-3H3,(H,13,14,15). The molecule has 0 bridgehead atoms. The molecule has 4 heteroatoms. The molecule has 0 aromatic carbocycles. The van der Waals surface area contributed by atoms with Crippen LogP contribution in [0, 0.1) is 6.92 Å². The fourth-order valence-corrected chi connectivity index (χ4v) is 2.34. The molecule has 0 unspecified atom stereocenters. The lowest BCUT2D eigenvalue weighted by atomic mass is 10.2. The Morgan fingerprint density at radius 1 is 1.31 bits per heavy atom. The minimum atomic E-state index is 0.822. The van der Waals surface area contributed by atoms with Gasteiger partial charge in [-0.25, -0.2) is 9.97 Å². The second kappa shape index (κ2) is 4.61. The van der Waals surface area contributed by atoms with Crippen LogP contribution in [0.1, 0.15) is 18.2 Å². The van der Waals surface area contributed by atoms with Gasteiger partial charge in [0.15, 0.2) is 5.82 Å². The number of rotatable bonds is 3. The molecule has 16 heavy (non-hydrogen) atoms. The highest BCUT2D eigenvalue weighted by atomic mass is 32.1. The second-order valence-corrected chi connectivity index (χ2v) is 4.38. The van der Waals surface area contributed by atoms with Crippen molar-refractivity contribution in [1.29, 1.82) is 0 Å². The molecule has 3 nitrogen and oxygen atoms in total. The van der Waals surface area contributed by atoms with E-state index in [1.54, 1.807) is 11.3 Å². The molecule has 0 atom stereocenters. The van der Waals surface area contributed by atoms with E-state index in [2.05, 4.69) is 39.9 Å². The van der Waals surface area contributed by atoms with Crippen molar-refractivity contribution < 1.29 is 0 Å². The molecular formula is C12H15N3S. The van der Waals surface area contributed by atoms with Gasteiger partial charge in [-0.15, -0.1) is 0 Å². The van der Waals surface area contributed by atoms with E-state index in [4.69, 9.17) is 0 Å². The molecule has 0 aliphatic carbocycles. The number of hydrogen-bond acceptors (Lipinski definition) is 4. The second-order valence-electron chi connectivity index (χ2n) is 3.64. The predicted molar refractivity (Wildman–Crippen MR) is 69.0 cm³/mol. The normalized spacial score (nSPS) is 10.4. The smallest absolute Gasteiger partial charge is 0.162 e. The van der Waals surface area contributed by atoms with Crippen LogP contribution in [-0.2, 0) is 6.42 Å². The summed E-state index contributed by atoms with van der Waals surface area (Å²) in [7, 11) is 1.88. The fraction of sp³-hybridized carbons (Fsp3) is 0.333. The number of hydrogen-bond donors (Lipinski definition) is 1. The summed E-state index contributed by atoms with van der Waals surface area (Å²) in [5, 5.41) is 7.30. The van der Waals surface area contributed by atoms with Crippen LogP contribution in [0.3, 0.4) is 0 Å². The summed E-state index contributed by atoms with van der Waals surface area (Å²) < 4.78 is 0. The predicted octanol–water partition coefficient (Wildman–Crippen LogP) is 3.12. The van der Waals surface area contributed by atoms with E-state index in [0.29, 0.717) is 0 Å². The Bertz CT molecular complexity index is 469. The Morgan fingerprint density at radius 3 is 2.69 bits per heavy atom. The van der Waals surface area contributed by atoms with Gasteiger partial charge in [-0.1, -0.05) is 6.92 Å². The molecule has 0 saturated carbocycles. The van der Waals surface area contributed by atoms with E-state index in [1.807, 2.05) is 13.1 Å². The summed E-state index contributed by atoms with van der Waals surface area (Å²) in [6, 6.07) is 1.99. The Kier molecular flexibility index (Phi) is 3.19. The highest BCUT2D eigenvalue weighted by Crippen LogP contribution is 2.25. The zero-order valence-electron chi connectivity index (χ0n) is 9.74. The number of aryl methyl sites for hydroxylation is 2. The molecule has 0 aliphatic rings. The van der Waals surface area contributed by atoms with Crippen molar-refractivity contribution in [2.45, 2.75) is 20.3 Å². The van der Waals surface area contributed by atoms with Crippen LogP contribution in [0.4, 0.5) is 5.82 Å². The zero-order chi connectivity index (χ0) is 11.5. The molecule has 2 rings (SSSR count). The molecule has 1 N–H and O–H groups in total. The minimum absolute atomic E-state index is 0.822. The molecule has 0 saturated heterocycles. The minimum Gasteiger partial charge on any atom is -0.373 e. The van der Waals surface area contributed by atoms with Crippen LogP contribution in [0.25, 0.3) is 11.4 Å². The van der Waals surface area contributed by atoms with Gasteiger partial charge in [0, 0.05) is 29.8 Å². The van der Waals surface area contributed by atoms with Gasteiger partial charge >= 0.3 is 0 Å². The summed E-state index contributed by atoms with van der Waals surface area (Å²) >= 11 is 1.69. The molecule has 84 valence electrons. The van der Waals surface area contributed by atoms with Gasteiger partial charge in [-0.05, 0) is 24.3 Å². The Labute approximate surface area is 99.6 Å². The van der Waals surface area contributed by atoms with E-state index < -0.39 is 0 Å². The largest absolute Gasteiger partial charge is 0.373 e. The van der Waals surface area contributed by atoms with Gasteiger partial charge < -0.3 is 5.32 Å². The lowest BCUT2D eigenvalue weighted by molar-refractivity contribution is 1.00. The maximum atomic E-state index is 4.56. The Balaban J connectivity index is 2.52. The molecule has 0 radical (unpaired) electrons. The molecule has 0 aliphatic heterocycles. The van der Waals surface area contributed by atoms with Gasteiger partial charge in [0.25, 0.3) is 0 Å². The Morgan fingerprint density at radius 2 is 2.12 bits per heavy atom. The number of aromatic nitrogens is 2. The zero-order valence-corrected chi connectivity index (χ0v) is 10.6. The molecular weight excluding hydrogens is 218 g/mol. The van der Waals surface area contributed by atoms with E-state index in [9.17, 15) is 0 Å². The van der Waals surface area contributed by atoms with Crippen molar-refractivity contribution in [1.82, 2.24) is 9.97 Å². The van der Waals surface area contributed by atoms with E-state index in [-0.39, 0.29) is 0 Å². The highest BCUT2D eigenvalue weighted by Gasteiger charge is 2.08. The van der Waals surface area contributed by atoms with Gasteiger partial charge in [0.2, 0.25) is 0 Å². The van der Waals surface area contributed by atoms with Gasteiger partial charge in [-0.3, -0.25) is 0 Å². The van der Waals surface area contributed by atoms with Crippen molar-refractivity contribution in [3.63, 3.8) is 0 Å². The monoisotopic (exact) mass is 233 g/mol. The molecule has 2 heterocycles. The number of nitrogens with zero attached hydrogens (tertiary/aromatic N) is 2. The van der Waals surface area contributed by atoms with Crippen LogP contribution >= 0.6 is 11.3 Å². The van der Waals surface area contributed by atoms with Crippen LogP contribution in [0.5, 0.6) is 0 Å². The third-order valence-electron chi connectivity index (χ3n) is 2.49. The van der Waals surface area contributed by atoms with Gasteiger partial charge in [0.1, 0.15) is 5.82 Å². The van der Waals surface area contributed by atoms with Crippen LogP contribution in [-0.4, -0.2) is 17.0 Å². The van der Waals surface area contributed by atoms with Crippen molar-refractivity contribution in [2.24, 2.45) is 0 Å². The van der Waals surface area contributed by atoms with Gasteiger partial charge in [0.05, 0.1) is 0 Å². The number of nitrogens with one attached hydrogen (secondary N) is 1. The van der Waals surface area contributed by atoms with Crippen LogP contribution < -0.4 is 5.32 Å². The summed E-state index contributed by atoms with van der Waals surface area (Å²) in [5.74, 6) is 1.70. The molecule has 0 spiro atoms. The number of thiophene rings is 1. The first-order valence-corrected chi connectivity index (χ1v) is 6.27.